The minimum atomic E-state index is -4.37. The Hall–Kier alpha value is -2.60. The lowest BCUT2D eigenvalue weighted by atomic mass is 9.77. The van der Waals surface area contributed by atoms with Gasteiger partial charge < -0.3 is 9.84 Å². The number of benzene rings is 2. The Balaban J connectivity index is 1.58. The van der Waals surface area contributed by atoms with Gasteiger partial charge in [0.25, 0.3) is 0 Å². The van der Waals surface area contributed by atoms with Gasteiger partial charge in [-0.2, -0.15) is 13.2 Å². The molecular weight excluding hydrogens is 429 g/mol. The van der Waals surface area contributed by atoms with Crippen LogP contribution < -0.4 is 0 Å². The number of hydrogen-bond donors (Lipinski definition) is 1. The molecule has 0 aromatic heterocycles. The zero-order valence-electron chi connectivity index (χ0n) is 19.0. The van der Waals surface area contributed by atoms with Crippen molar-refractivity contribution in [1.82, 2.24) is 0 Å². The van der Waals surface area contributed by atoms with Crippen LogP contribution in [0.2, 0.25) is 0 Å². The average Bonchev–Trinajstić information content (AvgIpc) is 2.75. The van der Waals surface area contributed by atoms with E-state index in [-0.39, 0.29) is 17.5 Å². The van der Waals surface area contributed by atoms with E-state index in [0.717, 1.165) is 66.9 Å². The molecule has 6 heteroatoms. The highest BCUT2D eigenvalue weighted by atomic mass is 19.4. The monoisotopic (exact) mass is 458 g/mol. The number of aryl methyl sites for hydroxylation is 2. The molecule has 2 aliphatic rings. The third-order valence-electron chi connectivity index (χ3n) is 6.86. The van der Waals surface area contributed by atoms with Crippen molar-refractivity contribution in [2.75, 3.05) is 13.2 Å². The number of carbonyl (C=O) groups is 1. The zero-order valence-corrected chi connectivity index (χ0v) is 19.0. The molecule has 33 heavy (non-hydrogen) atoms. The Morgan fingerprint density at radius 2 is 1.55 bits per heavy atom. The fourth-order valence-electron chi connectivity index (χ4n) is 5.25. The van der Waals surface area contributed by atoms with Crippen molar-refractivity contribution in [1.29, 1.82) is 0 Å². The lowest BCUT2D eigenvalue weighted by molar-refractivity contribution is -0.137. The topological polar surface area (TPSA) is 46.5 Å². The number of alkyl halides is 3. The molecule has 176 valence electrons. The summed E-state index contributed by atoms with van der Waals surface area (Å²) in [6.07, 6.45) is -0.509. The third-order valence-corrected chi connectivity index (χ3v) is 6.86. The minimum Gasteiger partial charge on any atom is -0.512 e. The molecular formula is C27H29F3O3. The fraction of sp³-hybridized carbons (Fsp3) is 0.444. The number of ketones is 1. The van der Waals surface area contributed by atoms with Gasteiger partial charge in [0.15, 0.2) is 5.78 Å². The highest BCUT2D eigenvalue weighted by molar-refractivity contribution is 6.22. The normalized spacial score (nSPS) is 20.4. The summed E-state index contributed by atoms with van der Waals surface area (Å²) in [5.41, 5.74) is 3.54. The highest BCUT2D eigenvalue weighted by Gasteiger charge is 2.32. The van der Waals surface area contributed by atoms with E-state index in [1.807, 2.05) is 26.0 Å². The van der Waals surface area contributed by atoms with E-state index in [1.165, 1.54) is 12.1 Å². The van der Waals surface area contributed by atoms with Crippen molar-refractivity contribution in [3.8, 4) is 11.1 Å². The second-order valence-electron chi connectivity index (χ2n) is 9.37. The molecule has 1 N–H and O–H groups in total. The molecule has 1 aliphatic carbocycles. The van der Waals surface area contributed by atoms with Crippen molar-refractivity contribution < 1.29 is 27.8 Å². The summed E-state index contributed by atoms with van der Waals surface area (Å²) >= 11 is 0. The molecule has 0 saturated carbocycles. The minimum absolute atomic E-state index is 0.0377. The van der Waals surface area contributed by atoms with E-state index >= 15 is 0 Å². The van der Waals surface area contributed by atoms with Crippen LogP contribution >= 0.6 is 0 Å². The predicted octanol–water partition coefficient (Wildman–Crippen LogP) is 7.05. The first-order valence-corrected chi connectivity index (χ1v) is 11.5. The molecule has 3 nitrogen and oxygen atoms in total. The number of aliphatic hydroxyl groups excluding tert-OH is 1. The zero-order chi connectivity index (χ0) is 23.8. The van der Waals surface area contributed by atoms with Gasteiger partial charge in [-0.3, -0.25) is 4.79 Å². The lowest BCUT2D eigenvalue weighted by Crippen LogP contribution is -2.24. The van der Waals surface area contributed by atoms with Crippen molar-refractivity contribution in [2.45, 2.75) is 52.1 Å². The molecule has 2 aromatic carbocycles. The van der Waals surface area contributed by atoms with Crippen molar-refractivity contribution in [3.05, 3.63) is 64.4 Å². The van der Waals surface area contributed by atoms with E-state index in [1.54, 1.807) is 0 Å². The molecule has 1 fully saturated rings. The van der Waals surface area contributed by atoms with Gasteiger partial charge in [0, 0.05) is 26.1 Å². The van der Waals surface area contributed by atoms with Crippen LogP contribution in [0.1, 0.15) is 54.4 Å². The number of Topliss-reactive ketones (excluding diaryl/α,β-unsaturated/α-hetero) is 1. The maximum atomic E-state index is 13.1. The standard InChI is InChI=1S/C27H29F3O3/c1-16-11-21(20-3-5-22(6-4-20)27(28,29)30)12-17(2)25(16)26-23(31)14-19(15-24(26)32)13-18-7-9-33-10-8-18/h3-6,11-12,18-19,31H,7-10,13-15H2,1-2H3. The van der Waals surface area contributed by atoms with E-state index < -0.39 is 11.7 Å². The van der Waals surface area contributed by atoms with Crippen LogP contribution in [0.15, 0.2) is 42.2 Å². The van der Waals surface area contributed by atoms with Crippen molar-refractivity contribution in [3.63, 3.8) is 0 Å². The molecule has 0 spiro atoms. The van der Waals surface area contributed by atoms with E-state index in [9.17, 15) is 23.1 Å². The molecule has 2 aromatic rings. The number of hydrogen-bond acceptors (Lipinski definition) is 3. The molecule has 1 atom stereocenters. The Labute approximate surface area is 192 Å². The molecule has 0 radical (unpaired) electrons. The van der Waals surface area contributed by atoms with Crippen LogP contribution in [0.25, 0.3) is 16.7 Å². The summed E-state index contributed by atoms with van der Waals surface area (Å²) in [5, 5.41) is 10.9. The quantitative estimate of drug-likeness (QED) is 0.534. The summed E-state index contributed by atoms with van der Waals surface area (Å²) in [6.45, 7) is 5.28. The Morgan fingerprint density at radius 1 is 0.939 bits per heavy atom. The van der Waals surface area contributed by atoms with Crippen LogP contribution in [0.3, 0.4) is 0 Å². The lowest BCUT2D eigenvalue weighted by Gasteiger charge is -2.30. The van der Waals surface area contributed by atoms with Crippen LogP contribution in [0.4, 0.5) is 13.2 Å². The Bertz CT molecular complexity index is 1040. The molecule has 0 bridgehead atoms. The van der Waals surface area contributed by atoms with Gasteiger partial charge in [-0.1, -0.05) is 24.3 Å². The second kappa shape index (κ2) is 9.34. The molecule has 0 amide bonds. The van der Waals surface area contributed by atoms with Crippen LogP contribution in [0.5, 0.6) is 0 Å². The SMILES string of the molecule is Cc1cc(-c2ccc(C(F)(F)F)cc2)cc(C)c1C1=C(O)CC(CC2CCOCC2)CC1=O. The number of rotatable bonds is 4. The predicted molar refractivity (Wildman–Crippen MR) is 122 cm³/mol. The van der Waals surface area contributed by atoms with Crippen LogP contribution in [0, 0.1) is 25.7 Å². The Kier molecular flexibility index (Phi) is 6.66. The second-order valence-corrected chi connectivity index (χ2v) is 9.37. The third kappa shape index (κ3) is 5.16. The number of allylic oxidation sites excluding steroid dienone is 2. The number of ether oxygens (including phenoxy) is 1. The van der Waals surface area contributed by atoms with E-state index in [4.69, 9.17) is 4.74 Å². The fourth-order valence-corrected chi connectivity index (χ4v) is 5.25. The van der Waals surface area contributed by atoms with Gasteiger partial charge in [-0.05, 0) is 84.9 Å². The largest absolute Gasteiger partial charge is 0.512 e. The van der Waals surface area contributed by atoms with Gasteiger partial charge >= 0.3 is 6.18 Å². The average molecular weight is 459 g/mol. The maximum Gasteiger partial charge on any atom is 0.416 e. The summed E-state index contributed by atoms with van der Waals surface area (Å²) in [7, 11) is 0. The summed E-state index contributed by atoms with van der Waals surface area (Å²) in [6, 6.07) is 8.80. The van der Waals surface area contributed by atoms with Crippen molar-refractivity contribution in [2.24, 2.45) is 11.8 Å². The van der Waals surface area contributed by atoms with E-state index in [0.29, 0.717) is 29.9 Å². The van der Waals surface area contributed by atoms with Crippen LogP contribution in [-0.4, -0.2) is 24.1 Å². The van der Waals surface area contributed by atoms with Gasteiger partial charge in [0.2, 0.25) is 0 Å². The molecule has 1 aliphatic heterocycles. The summed E-state index contributed by atoms with van der Waals surface area (Å²) in [5.74, 6) is 0.801. The first kappa shape index (κ1) is 23.6. The van der Waals surface area contributed by atoms with E-state index in [2.05, 4.69) is 0 Å². The summed E-state index contributed by atoms with van der Waals surface area (Å²) < 4.78 is 44.0. The highest BCUT2D eigenvalue weighted by Crippen LogP contribution is 2.40. The maximum absolute atomic E-state index is 13.1. The number of carbonyl (C=O) groups excluding carboxylic acids is 1. The Morgan fingerprint density at radius 3 is 2.09 bits per heavy atom. The molecule has 1 heterocycles. The van der Waals surface area contributed by atoms with Gasteiger partial charge in [-0.25, -0.2) is 0 Å². The van der Waals surface area contributed by atoms with Crippen molar-refractivity contribution >= 4 is 11.4 Å². The molecule has 4 rings (SSSR count). The summed E-state index contributed by atoms with van der Waals surface area (Å²) in [4.78, 5) is 13.1. The smallest absolute Gasteiger partial charge is 0.416 e. The first-order chi connectivity index (χ1) is 15.6. The number of aliphatic hydroxyl groups is 1. The molecule has 1 unspecified atom stereocenters. The van der Waals surface area contributed by atoms with Crippen LogP contribution in [-0.2, 0) is 15.7 Å². The van der Waals surface area contributed by atoms with Gasteiger partial charge in [0.1, 0.15) is 5.76 Å². The first-order valence-electron chi connectivity index (χ1n) is 11.5. The number of halogens is 3. The molecule has 1 saturated heterocycles. The van der Waals surface area contributed by atoms with Gasteiger partial charge in [0.05, 0.1) is 11.1 Å². The van der Waals surface area contributed by atoms with Gasteiger partial charge in [-0.15, -0.1) is 0 Å².